The summed E-state index contributed by atoms with van der Waals surface area (Å²) >= 11 is 0. The highest BCUT2D eigenvalue weighted by atomic mass is 16.5. The fraction of sp³-hybridized carbons (Fsp3) is 0.471. The monoisotopic (exact) mass is 336 g/mol. The molecule has 0 heterocycles. The maximum absolute atomic E-state index is 12.2. The molecule has 1 atom stereocenters. The molecule has 132 valence electrons. The zero-order chi connectivity index (χ0) is 18.3. The minimum atomic E-state index is -1.39. The quantitative estimate of drug-likeness (QED) is 0.669. The molecule has 0 radical (unpaired) electrons. The summed E-state index contributed by atoms with van der Waals surface area (Å²) in [6.45, 7) is 6.44. The summed E-state index contributed by atoms with van der Waals surface area (Å²) in [5.41, 5.74) is -0.727. The predicted molar refractivity (Wildman–Crippen MR) is 88.6 cm³/mol. The molecule has 0 aliphatic carbocycles. The van der Waals surface area contributed by atoms with Gasteiger partial charge >= 0.3 is 5.97 Å². The van der Waals surface area contributed by atoms with Crippen LogP contribution in [0.3, 0.4) is 0 Å². The van der Waals surface area contributed by atoms with Crippen LogP contribution in [0, 0.1) is 0 Å². The van der Waals surface area contributed by atoms with Crippen LogP contribution in [0.15, 0.2) is 24.3 Å². The van der Waals surface area contributed by atoms with E-state index in [9.17, 15) is 14.4 Å². The second-order valence-electron chi connectivity index (χ2n) is 5.91. The molecule has 2 amide bonds. The van der Waals surface area contributed by atoms with Gasteiger partial charge in [-0.05, 0) is 26.8 Å². The van der Waals surface area contributed by atoms with Crippen molar-refractivity contribution in [2.45, 2.75) is 45.7 Å². The lowest BCUT2D eigenvalue weighted by Gasteiger charge is -2.24. The van der Waals surface area contributed by atoms with Gasteiger partial charge < -0.3 is 20.5 Å². The van der Waals surface area contributed by atoms with Crippen LogP contribution in [0.1, 0.15) is 45.7 Å². The molecule has 0 spiro atoms. The van der Waals surface area contributed by atoms with Gasteiger partial charge in [0, 0.05) is 12.5 Å². The Hall–Kier alpha value is -2.57. The van der Waals surface area contributed by atoms with Gasteiger partial charge in [0.05, 0.1) is 19.1 Å². The van der Waals surface area contributed by atoms with Crippen molar-refractivity contribution in [3.05, 3.63) is 29.8 Å². The molecule has 1 unspecified atom stereocenters. The Morgan fingerprint density at radius 3 is 2.42 bits per heavy atom. The Bertz CT molecular complexity index is 613. The first-order valence-corrected chi connectivity index (χ1v) is 7.70. The van der Waals surface area contributed by atoms with Crippen molar-refractivity contribution in [1.29, 1.82) is 0 Å². The number of amides is 2. The summed E-state index contributed by atoms with van der Waals surface area (Å²) < 4.78 is 5.54. The minimum absolute atomic E-state index is 0.0968. The molecule has 24 heavy (non-hydrogen) atoms. The van der Waals surface area contributed by atoms with Crippen LogP contribution in [0.25, 0.3) is 0 Å². The number of carboxylic acid groups (broad SMARTS) is 1. The number of carbonyl (C=O) groups excluding carboxylic acids is 2. The number of nitrogens with one attached hydrogen (secondary N) is 2. The Balaban J connectivity index is 3.00. The van der Waals surface area contributed by atoms with Crippen LogP contribution in [0.2, 0.25) is 0 Å². The zero-order valence-corrected chi connectivity index (χ0v) is 14.4. The van der Waals surface area contributed by atoms with Gasteiger partial charge in [-0.25, -0.2) is 4.79 Å². The van der Waals surface area contributed by atoms with Gasteiger partial charge in [-0.1, -0.05) is 18.2 Å². The predicted octanol–water partition coefficient (Wildman–Crippen LogP) is 1.63. The molecule has 0 aromatic heterocycles. The van der Waals surface area contributed by atoms with Gasteiger partial charge in [0.2, 0.25) is 11.8 Å². The summed E-state index contributed by atoms with van der Waals surface area (Å²) in [5, 5.41) is 14.3. The van der Waals surface area contributed by atoms with E-state index in [4.69, 9.17) is 9.84 Å². The van der Waals surface area contributed by atoms with E-state index in [-0.39, 0.29) is 12.3 Å². The second-order valence-corrected chi connectivity index (χ2v) is 5.91. The molecule has 0 fully saturated rings. The lowest BCUT2D eigenvalue weighted by molar-refractivity contribution is -0.146. The number of benzene rings is 1. The Morgan fingerprint density at radius 1 is 1.25 bits per heavy atom. The molecule has 1 rings (SSSR count). The van der Waals surface area contributed by atoms with E-state index in [1.54, 1.807) is 24.3 Å². The van der Waals surface area contributed by atoms with E-state index in [1.165, 1.54) is 20.8 Å². The molecule has 0 aliphatic rings. The van der Waals surface area contributed by atoms with Crippen LogP contribution in [0.4, 0.5) is 0 Å². The third-order valence-corrected chi connectivity index (χ3v) is 3.35. The fourth-order valence-electron chi connectivity index (χ4n) is 2.18. The topological polar surface area (TPSA) is 105 Å². The van der Waals surface area contributed by atoms with Crippen molar-refractivity contribution in [1.82, 2.24) is 10.6 Å². The fourth-order valence-corrected chi connectivity index (χ4v) is 2.18. The number of hydrogen-bond donors (Lipinski definition) is 3. The SMILES string of the molecule is CCOc1ccccc1C(CC(=O)NC(C)(C)C(=O)O)NC(C)=O. The maximum atomic E-state index is 12.2. The number of aliphatic carboxylic acids is 1. The van der Waals surface area contributed by atoms with Gasteiger partial charge in [-0.2, -0.15) is 0 Å². The van der Waals surface area contributed by atoms with Crippen molar-refractivity contribution in [3.8, 4) is 5.75 Å². The minimum Gasteiger partial charge on any atom is -0.494 e. The molecule has 1 aromatic rings. The van der Waals surface area contributed by atoms with Crippen molar-refractivity contribution >= 4 is 17.8 Å². The first-order chi connectivity index (χ1) is 11.2. The van der Waals surface area contributed by atoms with Crippen LogP contribution < -0.4 is 15.4 Å². The number of ether oxygens (including phenoxy) is 1. The van der Waals surface area contributed by atoms with Gasteiger partial charge in [-0.15, -0.1) is 0 Å². The van der Waals surface area contributed by atoms with E-state index in [0.29, 0.717) is 17.9 Å². The molecule has 3 N–H and O–H groups in total. The normalized spacial score (nSPS) is 12.2. The van der Waals surface area contributed by atoms with Gasteiger partial charge in [-0.3, -0.25) is 9.59 Å². The first-order valence-electron chi connectivity index (χ1n) is 7.70. The van der Waals surface area contributed by atoms with Crippen molar-refractivity contribution < 1.29 is 24.2 Å². The van der Waals surface area contributed by atoms with Crippen LogP contribution in [-0.2, 0) is 14.4 Å². The molecule has 1 aromatic carbocycles. The van der Waals surface area contributed by atoms with Crippen LogP contribution in [-0.4, -0.2) is 35.0 Å². The second kappa shape index (κ2) is 8.33. The highest BCUT2D eigenvalue weighted by Gasteiger charge is 2.30. The van der Waals surface area contributed by atoms with Crippen molar-refractivity contribution in [2.75, 3.05) is 6.61 Å². The van der Waals surface area contributed by atoms with E-state index in [1.807, 2.05) is 6.92 Å². The molecule has 0 aliphatic heterocycles. The number of carbonyl (C=O) groups is 3. The highest BCUT2D eigenvalue weighted by molar-refractivity contribution is 5.87. The Labute approximate surface area is 141 Å². The lowest BCUT2D eigenvalue weighted by atomic mass is 10.00. The Kier molecular flexibility index (Phi) is 6.76. The molecule has 7 heteroatoms. The molecule has 7 nitrogen and oxygen atoms in total. The van der Waals surface area contributed by atoms with Gasteiger partial charge in [0.25, 0.3) is 0 Å². The summed E-state index contributed by atoms with van der Waals surface area (Å²) in [4.78, 5) is 34.8. The molecule has 0 saturated carbocycles. The average Bonchev–Trinajstić information content (AvgIpc) is 2.46. The van der Waals surface area contributed by atoms with Crippen molar-refractivity contribution in [3.63, 3.8) is 0 Å². The van der Waals surface area contributed by atoms with Crippen LogP contribution >= 0.6 is 0 Å². The summed E-state index contributed by atoms with van der Waals surface area (Å²) in [6, 6.07) is 6.49. The largest absolute Gasteiger partial charge is 0.494 e. The molecular formula is C17H24N2O5. The number of hydrogen-bond acceptors (Lipinski definition) is 4. The zero-order valence-electron chi connectivity index (χ0n) is 14.4. The van der Waals surface area contributed by atoms with Crippen LogP contribution in [0.5, 0.6) is 5.75 Å². The molecule has 0 saturated heterocycles. The lowest BCUT2D eigenvalue weighted by Crippen LogP contribution is -2.50. The number of para-hydroxylation sites is 1. The third kappa shape index (κ3) is 5.57. The standard InChI is InChI=1S/C17H24N2O5/c1-5-24-14-9-7-6-8-12(14)13(18-11(2)20)10-15(21)19-17(3,4)16(22)23/h6-9,13H,5,10H2,1-4H3,(H,18,20)(H,19,21)(H,22,23). The Morgan fingerprint density at radius 2 is 1.88 bits per heavy atom. The van der Waals surface area contributed by atoms with E-state index in [0.717, 1.165) is 0 Å². The maximum Gasteiger partial charge on any atom is 0.328 e. The summed E-state index contributed by atoms with van der Waals surface area (Å²) in [6.07, 6.45) is -0.0968. The van der Waals surface area contributed by atoms with Gasteiger partial charge in [0.1, 0.15) is 11.3 Å². The highest BCUT2D eigenvalue weighted by Crippen LogP contribution is 2.27. The smallest absolute Gasteiger partial charge is 0.328 e. The number of carboxylic acids is 1. The van der Waals surface area contributed by atoms with E-state index < -0.39 is 23.5 Å². The van der Waals surface area contributed by atoms with E-state index in [2.05, 4.69) is 10.6 Å². The molecule has 0 bridgehead atoms. The molecular weight excluding hydrogens is 312 g/mol. The third-order valence-electron chi connectivity index (χ3n) is 3.35. The summed E-state index contributed by atoms with van der Waals surface area (Å²) in [5.74, 6) is -1.34. The van der Waals surface area contributed by atoms with Crippen molar-refractivity contribution in [2.24, 2.45) is 0 Å². The summed E-state index contributed by atoms with van der Waals surface area (Å²) in [7, 11) is 0. The number of rotatable bonds is 8. The first kappa shape index (κ1) is 19.5. The van der Waals surface area contributed by atoms with E-state index >= 15 is 0 Å². The van der Waals surface area contributed by atoms with Gasteiger partial charge in [0.15, 0.2) is 0 Å². The average molecular weight is 336 g/mol.